The van der Waals surface area contributed by atoms with E-state index >= 15 is 0 Å². The normalized spacial score (nSPS) is 34.6. The maximum Gasteiger partial charge on any atom is -0.00139 e. The van der Waals surface area contributed by atoms with E-state index in [0.717, 1.165) is 11.8 Å². The molecule has 1 rings (SSSR count). The van der Waals surface area contributed by atoms with Crippen LogP contribution >= 0.6 is 0 Å². The average Bonchev–Trinajstić information content (AvgIpc) is 1.86. The molecule has 1 fully saturated rings. The van der Waals surface area contributed by atoms with Crippen LogP contribution in [0.2, 0.25) is 0 Å². The second kappa shape index (κ2) is 3.18. The lowest BCUT2D eigenvalue weighted by molar-refractivity contribution is 0.167. The van der Waals surface area contributed by atoms with E-state index in [-0.39, 0.29) is 0 Å². The van der Waals surface area contributed by atoms with Crippen LogP contribution in [0.3, 0.4) is 0 Å². The van der Waals surface area contributed by atoms with Gasteiger partial charge in [-0.05, 0) is 36.8 Å². The topological polar surface area (TPSA) is 23.9 Å². The molecule has 1 nitrogen and oxygen atoms in total. The van der Waals surface area contributed by atoms with Gasteiger partial charge in [-0.3, -0.25) is 0 Å². The predicted molar refractivity (Wildman–Crippen MR) is 44.5 cm³/mol. The molecule has 1 aliphatic carbocycles. The zero-order chi connectivity index (χ0) is 7.56. The summed E-state index contributed by atoms with van der Waals surface area (Å²) in [4.78, 5) is 0. The number of nitrogens with one attached hydrogen (secondary N) is 1. The van der Waals surface area contributed by atoms with Crippen LogP contribution in [0.4, 0.5) is 0 Å². The van der Waals surface area contributed by atoms with E-state index in [1.54, 1.807) is 6.21 Å². The van der Waals surface area contributed by atoms with Crippen molar-refractivity contribution in [3.63, 3.8) is 0 Å². The van der Waals surface area contributed by atoms with Crippen molar-refractivity contribution >= 4 is 6.21 Å². The van der Waals surface area contributed by atoms with Gasteiger partial charge in [0, 0.05) is 0 Å². The van der Waals surface area contributed by atoms with Crippen LogP contribution in [-0.2, 0) is 0 Å². The highest BCUT2D eigenvalue weighted by Crippen LogP contribution is 2.39. The lowest BCUT2D eigenvalue weighted by atomic mass is 9.67. The molecule has 0 spiro atoms. The van der Waals surface area contributed by atoms with Gasteiger partial charge in [0.1, 0.15) is 0 Å². The fraction of sp³-hybridized carbons (Fsp3) is 0.889. The van der Waals surface area contributed by atoms with Crippen molar-refractivity contribution < 1.29 is 0 Å². The van der Waals surface area contributed by atoms with Gasteiger partial charge in [0.15, 0.2) is 0 Å². The summed E-state index contributed by atoms with van der Waals surface area (Å²) in [5.41, 5.74) is 0. The molecule has 0 radical (unpaired) electrons. The Morgan fingerprint density at radius 3 is 2.60 bits per heavy atom. The third-order valence-electron chi connectivity index (χ3n) is 2.97. The zero-order valence-electron chi connectivity index (χ0n) is 6.93. The molecule has 3 unspecified atom stereocenters. The monoisotopic (exact) mass is 139 g/mol. The van der Waals surface area contributed by atoms with Crippen molar-refractivity contribution in [1.29, 1.82) is 5.41 Å². The fourth-order valence-corrected chi connectivity index (χ4v) is 1.77. The predicted octanol–water partition coefficient (Wildman–Crippen LogP) is 2.71. The first-order valence-corrected chi connectivity index (χ1v) is 4.30. The number of rotatable bonds is 3. The Kier molecular flexibility index (Phi) is 2.47. The van der Waals surface area contributed by atoms with Crippen LogP contribution in [-0.4, -0.2) is 6.21 Å². The molecule has 0 bridgehead atoms. The molecule has 0 aromatic carbocycles. The highest BCUT2D eigenvalue weighted by Gasteiger charge is 2.32. The van der Waals surface area contributed by atoms with Gasteiger partial charge in [-0.25, -0.2) is 0 Å². The molecule has 1 aliphatic rings. The van der Waals surface area contributed by atoms with Gasteiger partial charge >= 0.3 is 0 Å². The Labute approximate surface area is 63.3 Å². The summed E-state index contributed by atoms with van der Waals surface area (Å²) in [5, 5.41) is 7.13. The molecule has 3 atom stereocenters. The van der Waals surface area contributed by atoms with Gasteiger partial charge in [-0.1, -0.05) is 20.3 Å². The molecule has 0 aliphatic heterocycles. The minimum absolute atomic E-state index is 0.620. The third kappa shape index (κ3) is 1.23. The molecular formula is C9H17N. The van der Waals surface area contributed by atoms with E-state index < -0.39 is 0 Å². The molecule has 10 heavy (non-hydrogen) atoms. The summed E-state index contributed by atoms with van der Waals surface area (Å²) in [5.74, 6) is 2.29. The standard InChI is InChI=1S/C9H17N/c1-3-7(2)9-5-4-8(9)6-10/h6-10H,3-5H2,1-2H3. The van der Waals surface area contributed by atoms with Crippen molar-refractivity contribution in [3.8, 4) is 0 Å². The van der Waals surface area contributed by atoms with Gasteiger partial charge in [-0.2, -0.15) is 0 Å². The van der Waals surface area contributed by atoms with Crippen molar-refractivity contribution in [3.05, 3.63) is 0 Å². The van der Waals surface area contributed by atoms with Crippen molar-refractivity contribution in [2.24, 2.45) is 17.8 Å². The minimum Gasteiger partial charge on any atom is -0.313 e. The highest BCUT2D eigenvalue weighted by molar-refractivity contribution is 5.58. The Bertz CT molecular complexity index is 120. The van der Waals surface area contributed by atoms with Gasteiger partial charge in [0.2, 0.25) is 0 Å². The Morgan fingerprint density at radius 1 is 1.60 bits per heavy atom. The van der Waals surface area contributed by atoms with Gasteiger partial charge in [-0.15, -0.1) is 0 Å². The summed E-state index contributed by atoms with van der Waals surface area (Å²) in [6.07, 6.45) is 5.53. The largest absolute Gasteiger partial charge is 0.313 e. The Morgan fingerprint density at radius 2 is 2.30 bits per heavy atom. The summed E-state index contributed by atoms with van der Waals surface area (Å²) >= 11 is 0. The van der Waals surface area contributed by atoms with Crippen LogP contribution in [0.1, 0.15) is 33.1 Å². The molecule has 58 valence electrons. The maximum absolute atomic E-state index is 7.13. The molecular weight excluding hydrogens is 122 g/mol. The maximum atomic E-state index is 7.13. The lowest BCUT2D eigenvalue weighted by Gasteiger charge is -2.37. The van der Waals surface area contributed by atoms with Crippen LogP contribution in [0.25, 0.3) is 0 Å². The van der Waals surface area contributed by atoms with Gasteiger partial charge in [0.05, 0.1) is 0 Å². The summed E-state index contributed by atoms with van der Waals surface area (Å²) in [6, 6.07) is 0. The smallest absolute Gasteiger partial charge is 0.00139 e. The van der Waals surface area contributed by atoms with Crippen molar-refractivity contribution in [2.75, 3.05) is 0 Å². The quantitative estimate of drug-likeness (QED) is 0.581. The van der Waals surface area contributed by atoms with E-state index in [4.69, 9.17) is 5.41 Å². The first-order valence-electron chi connectivity index (χ1n) is 4.30. The third-order valence-corrected chi connectivity index (χ3v) is 2.97. The first kappa shape index (κ1) is 7.77. The fourth-order valence-electron chi connectivity index (χ4n) is 1.77. The zero-order valence-corrected chi connectivity index (χ0v) is 6.93. The molecule has 0 saturated heterocycles. The Balaban J connectivity index is 2.34. The summed E-state index contributed by atoms with van der Waals surface area (Å²) in [6.45, 7) is 4.55. The molecule has 0 heterocycles. The minimum atomic E-state index is 0.620. The van der Waals surface area contributed by atoms with Crippen molar-refractivity contribution in [2.45, 2.75) is 33.1 Å². The van der Waals surface area contributed by atoms with E-state index in [2.05, 4.69) is 13.8 Å². The van der Waals surface area contributed by atoms with Crippen LogP contribution < -0.4 is 0 Å². The highest BCUT2D eigenvalue weighted by atomic mass is 14.4. The first-order chi connectivity index (χ1) is 4.79. The van der Waals surface area contributed by atoms with E-state index in [1.165, 1.54) is 19.3 Å². The lowest BCUT2D eigenvalue weighted by Crippen LogP contribution is -2.31. The second-order valence-corrected chi connectivity index (χ2v) is 3.46. The van der Waals surface area contributed by atoms with Crippen LogP contribution in [0.15, 0.2) is 0 Å². The number of hydrogen-bond acceptors (Lipinski definition) is 1. The molecule has 1 heteroatoms. The van der Waals surface area contributed by atoms with E-state index in [9.17, 15) is 0 Å². The van der Waals surface area contributed by atoms with E-state index in [1.807, 2.05) is 0 Å². The van der Waals surface area contributed by atoms with Gasteiger partial charge < -0.3 is 5.41 Å². The second-order valence-electron chi connectivity index (χ2n) is 3.46. The number of hydrogen-bond donors (Lipinski definition) is 1. The van der Waals surface area contributed by atoms with Gasteiger partial charge in [0.25, 0.3) is 0 Å². The SMILES string of the molecule is CCC(C)C1CCC1C=N. The summed E-state index contributed by atoms with van der Waals surface area (Å²) in [7, 11) is 0. The van der Waals surface area contributed by atoms with E-state index in [0.29, 0.717) is 5.92 Å². The van der Waals surface area contributed by atoms with Crippen molar-refractivity contribution in [1.82, 2.24) is 0 Å². The average molecular weight is 139 g/mol. The molecule has 0 amide bonds. The Hall–Kier alpha value is -0.330. The van der Waals surface area contributed by atoms with Crippen LogP contribution in [0.5, 0.6) is 0 Å². The molecule has 1 N–H and O–H groups in total. The van der Waals surface area contributed by atoms with Crippen LogP contribution in [0, 0.1) is 23.2 Å². The molecule has 0 aromatic heterocycles. The summed E-state index contributed by atoms with van der Waals surface area (Å²) < 4.78 is 0. The molecule has 0 aromatic rings. The molecule has 1 saturated carbocycles.